The molecule has 2 aromatic heterocycles. The highest BCUT2D eigenvalue weighted by Crippen LogP contribution is 2.43. The number of carbonyl (C=O) groups excluding carboxylic acids is 1. The van der Waals surface area contributed by atoms with Gasteiger partial charge in [0.1, 0.15) is 11.2 Å². The van der Waals surface area contributed by atoms with E-state index in [1.165, 1.54) is 7.11 Å². The molecule has 1 saturated carbocycles. The smallest absolute Gasteiger partial charge is 0.319 e. The van der Waals surface area contributed by atoms with Crippen molar-refractivity contribution in [3.05, 3.63) is 36.5 Å². The van der Waals surface area contributed by atoms with Crippen LogP contribution in [0.3, 0.4) is 0 Å². The summed E-state index contributed by atoms with van der Waals surface area (Å²) in [7, 11) is 1.42. The Morgan fingerprint density at radius 3 is 2.84 bits per heavy atom. The summed E-state index contributed by atoms with van der Waals surface area (Å²) in [6.07, 6.45) is 7.95. The fourth-order valence-electron chi connectivity index (χ4n) is 2.48. The molecule has 2 heterocycles. The third kappa shape index (κ3) is 1.82. The zero-order chi connectivity index (χ0) is 13.3. The van der Waals surface area contributed by atoms with Crippen LogP contribution in [0.2, 0.25) is 0 Å². The summed E-state index contributed by atoms with van der Waals surface area (Å²) in [5.41, 5.74) is 1.17. The molecule has 98 valence electrons. The van der Waals surface area contributed by atoms with Gasteiger partial charge in [0, 0.05) is 24.2 Å². The maximum absolute atomic E-state index is 12.0. The maximum Gasteiger partial charge on any atom is 0.319 e. The van der Waals surface area contributed by atoms with Gasteiger partial charge in [-0.2, -0.15) is 0 Å². The number of nitrogens with one attached hydrogen (secondary N) is 1. The van der Waals surface area contributed by atoms with Gasteiger partial charge in [-0.25, -0.2) is 9.97 Å². The molecule has 1 fully saturated rings. The second-order valence-electron chi connectivity index (χ2n) is 4.79. The molecule has 3 rings (SSSR count). The van der Waals surface area contributed by atoms with Crippen molar-refractivity contribution in [2.75, 3.05) is 7.11 Å². The topological polar surface area (TPSA) is 67.9 Å². The molecular formula is C14H15N3O2. The lowest BCUT2D eigenvalue weighted by Gasteiger charge is -2.37. The number of methoxy groups -OCH3 is 1. The fraction of sp³-hybridized carbons (Fsp3) is 0.357. The Labute approximate surface area is 111 Å². The first-order chi connectivity index (χ1) is 9.26. The van der Waals surface area contributed by atoms with Crippen LogP contribution in [0.15, 0.2) is 30.7 Å². The Bertz CT molecular complexity index is 588. The van der Waals surface area contributed by atoms with Crippen molar-refractivity contribution in [2.45, 2.75) is 24.7 Å². The van der Waals surface area contributed by atoms with Crippen LogP contribution in [0.25, 0.3) is 11.3 Å². The number of aromatic nitrogens is 3. The minimum absolute atomic E-state index is 0.232. The molecule has 1 N–H and O–H groups in total. The van der Waals surface area contributed by atoms with Crippen molar-refractivity contribution in [1.82, 2.24) is 15.0 Å². The van der Waals surface area contributed by atoms with E-state index in [0.717, 1.165) is 30.5 Å². The van der Waals surface area contributed by atoms with E-state index in [4.69, 9.17) is 4.74 Å². The highest BCUT2D eigenvalue weighted by atomic mass is 16.5. The molecule has 0 bridgehead atoms. The minimum atomic E-state index is -0.638. The normalized spacial score (nSPS) is 16.7. The van der Waals surface area contributed by atoms with Crippen LogP contribution in [0, 0.1) is 0 Å². The molecule has 1 aliphatic rings. The van der Waals surface area contributed by atoms with Crippen LogP contribution < -0.4 is 0 Å². The van der Waals surface area contributed by atoms with E-state index >= 15 is 0 Å². The number of esters is 1. The van der Waals surface area contributed by atoms with Crippen molar-refractivity contribution >= 4 is 5.97 Å². The van der Waals surface area contributed by atoms with Gasteiger partial charge in [-0.15, -0.1) is 0 Å². The lowest BCUT2D eigenvalue weighted by molar-refractivity contribution is -0.151. The van der Waals surface area contributed by atoms with Crippen LogP contribution in [0.1, 0.15) is 25.1 Å². The Morgan fingerprint density at radius 2 is 2.26 bits per heavy atom. The van der Waals surface area contributed by atoms with Gasteiger partial charge in [0.15, 0.2) is 0 Å². The second-order valence-corrected chi connectivity index (χ2v) is 4.79. The highest BCUT2D eigenvalue weighted by Gasteiger charge is 2.49. The van der Waals surface area contributed by atoms with Gasteiger partial charge in [0.05, 0.1) is 12.8 Å². The standard InChI is InChI=1S/C14H15N3O2/c1-19-13(18)14(5-2-6-14)12-16-8-4-11(17-12)10-3-7-15-9-10/h3-4,7-9,15H,2,5-6H2,1H3. The summed E-state index contributed by atoms with van der Waals surface area (Å²) in [6, 6.07) is 3.79. The van der Waals surface area contributed by atoms with Gasteiger partial charge in [-0.05, 0) is 25.0 Å². The van der Waals surface area contributed by atoms with E-state index in [-0.39, 0.29) is 5.97 Å². The van der Waals surface area contributed by atoms with Crippen molar-refractivity contribution in [3.63, 3.8) is 0 Å². The number of hydrogen-bond acceptors (Lipinski definition) is 4. The summed E-state index contributed by atoms with van der Waals surface area (Å²) in [6.45, 7) is 0. The van der Waals surface area contributed by atoms with Gasteiger partial charge in [-0.3, -0.25) is 4.79 Å². The fourth-order valence-corrected chi connectivity index (χ4v) is 2.48. The molecule has 0 spiro atoms. The highest BCUT2D eigenvalue weighted by molar-refractivity contribution is 5.83. The van der Waals surface area contributed by atoms with E-state index in [1.807, 2.05) is 24.5 Å². The van der Waals surface area contributed by atoms with Gasteiger partial charge in [0.2, 0.25) is 0 Å². The monoisotopic (exact) mass is 257 g/mol. The summed E-state index contributed by atoms with van der Waals surface area (Å²) in [4.78, 5) is 23.8. The SMILES string of the molecule is COC(=O)C1(c2nccc(-c3cc[nH]c3)n2)CCC1. The Kier molecular flexibility index (Phi) is 2.81. The third-order valence-electron chi connectivity index (χ3n) is 3.76. The van der Waals surface area contributed by atoms with E-state index in [1.54, 1.807) is 6.20 Å². The van der Waals surface area contributed by atoms with E-state index in [9.17, 15) is 4.79 Å². The van der Waals surface area contributed by atoms with Crippen LogP contribution >= 0.6 is 0 Å². The molecule has 0 aromatic carbocycles. The van der Waals surface area contributed by atoms with Crippen molar-refractivity contribution in [3.8, 4) is 11.3 Å². The van der Waals surface area contributed by atoms with Crippen molar-refractivity contribution in [2.24, 2.45) is 0 Å². The first-order valence-corrected chi connectivity index (χ1v) is 6.31. The Hall–Kier alpha value is -2.17. The van der Waals surface area contributed by atoms with Gasteiger partial charge in [0.25, 0.3) is 0 Å². The van der Waals surface area contributed by atoms with E-state index in [0.29, 0.717) is 5.82 Å². The van der Waals surface area contributed by atoms with Crippen LogP contribution in [-0.2, 0) is 14.9 Å². The van der Waals surface area contributed by atoms with Gasteiger partial charge >= 0.3 is 5.97 Å². The molecular weight excluding hydrogens is 242 g/mol. The molecule has 19 heavy (non-hydrogen) atoms. The number of H-pyrrole nitrogens is 1. The molecule has 5 nitrogen and oxygen atoms in total. The van der Waals surface area contributed by atoms with Crippen LogP contribution in [0.4, 0.5) is 0 Å². The number of carbonyl (C=O) groups is 1. The second kappa shape index (κ2) is 4.50. The average molecular weight is 257 g/mol. The molecule has 0 amide bonds. The largest absolute Gasteiger partial charge is 0.468 e. The maximum atomic E-state index is 12.0. The number of hydrogen-bond donors (Lipinski definition) is 1. The number of nitrogens with zero attached hydrogens (tertiary/aromatic N) is 2. The summed E-state index contributed by atoms with van der Waals surface area (Å²) < 4.78 is 4.92. The van der Waals surface area contributed by atoms with E-state index in [2.05, 4.69) is 15.0 Å². The summed E-state index contributed by atoms with van der Waals surface area (Å²) in [5, 5.41) is 0. The Morgan fingerprint density at radius 1 is 1.42 bits per heavy atom. The number of rotatable bonds is 3. The molecule has 5 heteroatoms. The molecule has 0 aliphatic heterocycles. The number of aromatic amines is 1. The summed E-state index contributed by atoms with van der Waals surface area (Å²) >= 11 is 0. The molecule has 0 radical (unpaired) electrons. The zero-order valence-corrected chi connectivity index (χ0v) is 10.7. The Balaban J connectivity index is 2.01. The first-order valence-electron chi connectivity index (χ1n) is 6.31. The molecule has 0 atom stereocenters. The zero-order valence-electron chi connectivity index (χ0n) is 10.7. The summed E-state index contributed by atoms with van der Waals surface area (Å²) in [5.74, 6) is 0.342. The molecule has 1 aliphatic carbocycles. The van der Waals surface area contributed by atoms with Gasteiger partial charge < -0.3 is 9.72 Å². The average Bonchev–Trinajstić information content (AvgIpc) is 2.91. The lowest BCUT2D eigenvalue weighted by atomic mass is 9.68. The third-order valence-corrected chi connectivity index (χ3v) is 3.76. The van der Waals surface area contributed by atoms with E-state index < -0.39 is 5.41 Å². The van der Waals surface area contributed by atoms with Crippen molar-refractivity contribution in [1.29, 1.82) is 0 Å². The predicted octanol–water partition coefficient (Wildman–Crippen LogP) is 2.07. The quantitative estimate of drug-likeness (QED) is 0.855. The predicted molar refractivity (Wildman–Crippen MR) is 69.4 cm³/mol. The van der Waals surface area contributed by atoms with Crippen molar-refractivity contribution < 1.29 is 9.53 Å². The molecule has 2 aromatic rings. The van der Waals surface area contributed by atoms with Gasteiger partial charge in [-0.1, -0.05) is 6.42 Å². The van der Waals surface area contributed by atoms with Crippen LogP contribution in [-0.4, -0.2) is 28.0 Å². The molecule has 0 saturated heterocycles. The lowest BCUT2D eigenvalue weighted by Crippen LogP contribution is -2.44. The van der Waals surface area contributed by atoms with Crippen LogP contribution in [0.5, 0.6) is 0 Å². The molecule has 0 unspecified atom stereocenters. The number of ether oxygens (including phenoxy) is 1. The first kappa shape index (κ1) is 11.9. The minimum Gasteiger partial charge on any atom is -0.468 e.